The Bertz CT molecular complexity index is 345. The zero-order valence-electron chi connectivity index (χ0n) is 21.9. The molecule has 36 heavy (non-hydrogen) atoms. The standard InChI is InChI=1S/C24H48O12/c1-25-3-5-27-7-9-29-11-13-31-15-17-33-19-21-35-23-24-36-22-20-34-18-16-32-14-12-30-10-8-28-6-4-26-2/h1-24H2/q+2. The summed E-state index contributed by atoms with van der Waals surface area (Å²) < 4.78 is 63.1. The first-order valence-corrected chi connectivity index (χ1v) is 12.4. The van der Waals surface area contributed by atoms with Crippen LogP contribution in [0.5, 0.6) is 0 Å². The summed E-state index contributed by atoms with van der Waals surface area (Å²) in [5.74, 6) is 0. The summed E-state index contributed by atoms with van der Waals surface area (Å²) in [4.78, 5) is 0. The Morgan fingerprint density at radius 1 is 0.194 bits per heavy atom. The highest BCUT2D eigenvalue weighted by Crippen LogP contribution is 1.86. The second-order valence-corrected chi connectivity index (χ2v) is 6.94. The Morgan fingerprint density at radius 2 is 0.306 bits per heavy atom. The molecule has 0 bridgehead atoms. The van der Waals surface area contributed by atoms with Crippen molar-refractivity contribution in [3.05, 3.63) is 14.2 Å². The van der Waals surface area contributed by atoms with Gasteiger partial charge in [-0.3, -0.25) is 0 Å². The molecule has 0 unspecified atom stereocenters. The van der Waals surface area contributed by atoms with Gasteiger partial charge in [-0.1, -0.05) is 0 Å². The predicted molar refractivity (Wildman–Crippen MR) is 131 cm³/mol. The zero-order chi connectivity index (χ0) is 26.0. The Kier molecular flexibility index (Phi) is 33.6. The number of rotatable bonds is 33. The average molecular weight is 529 g/mol. The normalized spacial score (nSPS) is 11.4. The van der Waals surface area contributed by atoms with E-state index in [4.69, 9.17) is 47.4 Å². The van der Waals surface area contributed by atoms with E-state index in [9.17, 15) is 0 Å². The zero-order valence-corrected chi connectivity index (χ0v) is 21.9. The molecule has 214 valence electrons. The van der Waals surface area contributed by atoms with Crippen LogP contribution in [0.3, 0.4) is 0 Å². The molecule has 0 aliphatic rings. The molecule has 0 rings (SSSR count). The third kappa shape index (κ3) is 33.3. The van der Waals surface area contributed by atoms with Gasteiger partial charge in [0.25, 0.3) is 0 Å². The van der Waals surface area contributed by atoms with Crippen LogP contribution < -0.4 is 0 Å². The summed E-state index contributed by atoms with van der Waals surface area (Å²) >= 11 is 0. The highest BCUT2D eigenvalue weighted by molar-refractivity contribution is 4.38. The van der Waals surface area contributed by atoms with Crippen molar-refractivity contribution in [3.8, 4) is 0 Å². The largest absolute Gasteiger partial charge is 0.377 e. The first kappa shape index (κ1) is 35.3. The van der Waals surface area contributed by atoms with Crippen LogP contribution in [0.25, 0.3) is 0 Å². The van der Waals surface area contributed by atoms with Gasteiger partial charge < -0.3 is 47.4 Å². The number of hydrogen-bond acceptors (Lipinski definition) is 12. The third-order valence-electron chi connectivity index (χ3n) is 4.09. The van der Waals surface area contributed by atoms with Gasteiger partial charge in [-0.2, -0.15) is 9.47 Å². The monoisotopic (exact) mass is 528 g/mol. The lowest BCUT2D eigenvalue weighted by Gasteiger charge is -2.09. The molecule has 0 fully saturated rings. The highest BCUT2D eigenvalue weighted by Gasteiger charge is 1.96. The minimum atomic E-state index is 0.486. The lowest BCUT2D eigenvalue weighted by atomic mass is 10.6. The molecular weight excluding hydrogens is 480 g/mol. The minimum absolute atomic E-state index is 0.486. The topological polar surface area (TPSA) is 111 Å². The van der Waals surface area contributed by atoms with Gasteiger partial charge in [0.05, 0.1) is 132 Å². The van der Waals surface area contributed by atoms with Gasteiger partial charge in [-0.05, 0) is 0 Å². The van der Waals surface area contributed by atoms with E-state index in [-0.39, 0.29) is 0 Å². The van der Waals surface area contributed by atoms with Crippen molar-refractivity contribution in [3.63, 3.8) is 0 Å². The fourth-order valence-corrected chi connectivity index (χ4v) is 2.32. The summed E-state index contributed by atoms with van der Waals surface area (Å²) in [5.41, 5.74) is 0. The van der Waals surface area contributed by atoms with Crippen LogP contribution >= 0.6 is 0 Å². The summed E-state index contributed by atoms with van der Waals surface area (Å²) in [6.45, 7) is 11.4. The molecule has 0 heterocycles. The van der Waals surface area contributed by atoms with Gasteiger partial charge in [-0.15, -0.1) is 0 Å². The van der Waals surface area contributed by atoms with E-state index in [1.807, 2.05) is 0 Å². The van der Waals surface area contributed by atoms with Crippen LogP contribution in [0.4, 0.5) is 0 Å². The molecule has 0 aromatic carbocycles. The van der Waals surface area contributed by atoms with E-state index in [1.54, 1.807) is 0 Å². The van der Waals surface area contributed by atoms with Crippen molar-refractivity contribution in [1.82, 2.24) is 0 Å². The van der Waals surface area contributed by atoms with Gasteiger partial charge >= 0.3 is 0 Å². The lowest BCUT2D eigenvalue weighted by Crippen LogP contribution is -2.15. The van der Waals surface area contributed by atoms with E-state index in [1.165, 1.54) is 0 Å². The number of hydrogen-bond donors (Lipinski definition) is 0. The molecular formula is C24H48O12+2. The van der Waals surface area contributed by atoms with Gasteiger partial charge in [-0.25, -0.2) is 0 Å². The lowest BCUT2D eigenvalue weighted by molar-refractivity contribution is -0.0273. The van der Waals surface area contributed by atoms with E-state index in [0.29, 0.717) is 145 Å². The van der Waals surface area contributed by atoms with Crippen LogP contribution in [-0.4, -0.2) is 145 Å². The Balaban J connectivity index is 3.00. The third-order valence-corrected chi connectivity index (χ3v) is 4.09. The molecule has 0 saturated carbocycles. The fraction of sp³-hybridized carbons (Fsp3) is 0.917. The smallest absolute Gasteiger partial charge is 0.213 e. The molecule has 0 amide bonds. The van der Waals surface area contributed by atoms with Crippen molar-refractivity contribution < 1.29 is 56.8 Å². The molecule has 0 aromatic rings. The summed E-state index contributed by atoms with van der Waals surface area (Å²) in [7, 11) is 6.53. The minimum Gasteiger partial charge on any atom is -0.377 e. The molecule has 12 heteroatoms. The maximum Gasteiger partial charge on any atom is 0.213 e. The van der Waals surface area contributed by atoms with Crippen LogP contribution in [-0.2, 0) is 56.8 Å². The highest BCUT2D eigenvalue weighted by atomic mass is 16.6. The van der Waals surface area contributed by atoms with Crippen molar-refractivity contribution >= 4 is 0 Å². The summed E-state index contributed by atoms with van der Waals surface area (Å²) in [5, 5.41) is 0. The van der Waals surface area contributed by atoms with E-state index >= 15 is 0 Å². The quantitative estimate of drug-likeness (QED) is 0.0886. The molecule has 0 saturated heterocycles. The predicted octanol–water partition coefficient (Wildman–Crippen LogP) is 0.769. The maximum absolute atomic E-state index is 5.44. The SMILES string of the molecule is [CH2+]OCCOCCOCCOCCOCCOCCOCCOCCOCCOCCOCCO[CH2+]. The average Bonchev–Trinajstić information content (AvgIpc) is 2.89. The van der Waals surface area contributed by atoms with E-state index in [0.717, 1.165) is 0 Å². The van der Waals surface area contributed by atoms with Crippen molar-refractivity contribution in [2.75, 3.05) is 145 Å². The molecule has 0 spiro atoms. The van der Waals surface area contributed by atoms with Crippen LogP contribution in [0, 0.1) is 14.2 Å². The Hall–Kier alpha value is -0.740. The fourth-order valence-electron chi connectivity index (χ4n) is 2.32. The van der Waals surface area contributed by atoms with Crippen LogP contribution in [0.1, 0.15) is 0 Å². The molecule has 0 aliphatic heterocycles. The van der Waals surface area contributed by atoms with Crippen molar-refractivity contribution in [1.29, 1.82) is 0 Å². The van der Waals surface area contributed by atoms with Crippen molar-refractivity contribution in [2.24, 2.45) is 0 Å². The van der Waals surface area contributed by atoms with E-state index in [2.05, 4.69) is 23.7 Å². The Morgan fingerprint density at radius 3 is 0.417 bits per heavy atom. The second kappa shape index (κ2) is 34.3. The number of ether oxygens (including phenoxy) is 12. The van der Waals surface area contributed by atoms with Crippen molar-refractivity contribution in [2.45, 2.75) is 0 Å². The van der Waals surface area contributed by atoms with Crippen LogP contribution in [0.2, 0.25) is 0 Å². The molecule has 0 N–H and O–H groups in total. The van der Waals surface area contributed by atoms with E-state index < -0.39 is 0 Å². The van der Waals surface area contributed by atoms with Gasteiger partial charge in [0.15, 0.2) is 0 Å². The molecule has 0 radical (unpaired) electrons. The van der Waals surface area contributed by atoms with Gasteiger partial charge in [0.1, 0.15) is 13.2 Å². The summed E-state index contributed by atoms with van der Waals surface area (Å²) in [6, 6.07) is 0. The van der Waals surface area contributed by atoms with Gasteiger partial charge in [0, 0.05) is 0 Å². The Labute approximate surface area is 216 Å². The first-order chi connectivity index (χ1) is 17.9. The van der Waals surface area contributed by atoms with Gasteiger partial charge in [0.2, 0.25) is 14.2 Å². The maximum atomic E-state index is 5.44. The van der Waals surface area contributed by atoms with Crippen LogP contribution in [0.15, 0.2) is 0 Å². The summed E-state index contributed by atoms with van der Waals surface area (Å²) in [6.07, 6.45) is 0. The molecule has 0 aromatic heterocycles. The molecule has 0 atom stereocenters. The first-order valence-electron chi connectivity index (χ1n) is 12.4. The second-order valence-electron chi connectivity index (χ2n) is 6.94. The molecule has 0 aliphatic carbocycles. The molecule has 12 nitrogen and oxygen atoms in total.